The van der Waals surface area contributed by atoms with Crippen LogP contribution in [0, 0.1) is 0 Å². The zero-order valence-corrected chi connectivity index (χ0v) is 8.27. The zero-order chi connectivity index (χ0) is 11.1. The van der Waals surface area contributed by atoms with Crippen molar-refractivity contribution in [1.29, 1.82) is 0 Å². The van der Waals surface area contributed by atoms with Gasteiger partial charge in [-0.2, -0.15) is 0 Å². The molecule has 5 heteroatoms. The van der Waals surface area contributed by atoms with Crippen LogP contribution in [0.25, 0.3) is 0 Å². The molecule has 0 aliphatic carbocycles. The van der Waals surface area contributed by atoms with E-state index in [1.807, 2.05) is 5.43 Å². The molecule has 1 heterocycles. The van der Waals surface area contributed by atoms with Crippen molar-refractivity contribution in [2.75, 3.05) is 6.61 Å². The SMILES string of the molecule is C=CCOCc1ccc(C(=O)NN)cn1. The van der Waals surface area contributed by atoms with Gasteiger partial charge in [0.2, 0.25) is 0 Å². The van der Waals surface area contributed by atoms with E-state index in [1.165, 1.54) is 6.20 Å². The van der Waals surface area contributed by atoms with Crippen LogP contribution in [-0.2, 0) is 11.3 Å². The van der Waals surface area contributed by atoms with Crippen molar-refractivity contribution in [3.63, 3.8) is 0 Å². The van der Waals surface area contributed by atoms with Crippen LogP contribution in [0.1, 0.15) is 16.1 Å². The Morgan fingerprint density at radius 3 is 3.00 bits per heavy atom. The lowest BCUT2D eigenvalue weighted by Gasteiger charge is -2.02. The molecule has 0 aromatic carbocycles. The Morgan fingerprint density at radius 2 is 2.47 bits per heavy atom. The van der Waals surface area contributed by atoms with Gasteiger partial charge in [-0.1, -0.05) is 6.08 Å². The lowest BCUT2D eigenvalue weighted by atomic mass is 10.2. The monoisotopic (exact) mass is 207 g/mol. The molecular weight excluding hydrogens is 194 g/mol. The van der Waals surface area contributed by atoms with Gasteiger partial charge in [0.05, 0.1) is 24.5 Å². The van der Waals surface area contributed by atoms with E-state index in [2.05, 4.69) is 11.6 Å². The summed E-state index contributed by atoms with van der Waals surface area (Å²) in [4.78, 5) is 15.1. The number of nitrogens with zero attached hydrogens (tertiary/aromatic N) is 1. The van der Waals surface area contributed by atoms with E-state index in [4.69, 9.17) is 10.6 Å². The Balaban J connectivity index is 2.56. The molecule has 0 unspecified atom stereocenters. The third-order valence-corrected chi connectivity index (χ3v) is 1.70. The molecule has 3 N–H and O–H groups in total. The summed E-state index contributed by atoms with van der Waals surface area (Å²) in [5.74, 6) is 4.62. The summed E-state index contributed by atoms with van der Waals surface area (Å²) in [6, 6.07) is 3.36. The van der Waals surface area contributed by atoms with Crippen LogP contribution in [0.4, 0.5) is 0 Å². The molecule has 1 rings (SSSR count). The number of hydrogen-bond donors (Lipinski definition) is 2. The fourth-order valence-corrected chi connectivity index (χ4v) is 0.974. The summed E-state index contributed by atoms with van der Waals surface area (Å²) in [5.41, 5.74) is 3.21. The number of hydrazine groups is 1. The van der Waals surface area contributed by atoms with E-state index in [0.717, 1.165) is 5.69 Å². The maximum atomic E-state index is 11.1. The standard InChI is InChI=1S/C10H13N3O2/c1-2-5-15-7-9-4-3-8(6-12-9)10(14)13-11/h2-4,6H,1,5,7,11H2,(H,13,14). The van der Waals surface area contributed by atoms with Crippen LogP contribution in [0.3, 0.4) is 0 Å². The maximum absolute atomic E-state index is 11.1. The summed E-state index contributed by atoms with van der Waals surface area (Å²) in [6.45, 7) is 4.41. The van der Waals surface area contributed by atoms with Gasteiger partial charge in [0, 0.05) is 6.20 Å². The van der Waals surface area contributed by atoms with E-state index in [1.54, 1.807) is 18.2 Å². The van der Waals surface area contributed by atoms with Crippen LogP contribution >= 0.6 is 0 Å². The molecule has 80 valence electrons. The van der Waals surface area contributed by atoms with E-state index in [9.17, 15) is 4.79 Å². The number of hydrogen-bond acceptors (Lipinski definition) is 4. The number of nitrogen functional groups attached to an aromatic ring is 1. The van der Waals surface area contributed by atoms with Crippen LogP contribution in [0.15, 0.2) is 31.0 Å². The molecule has 0 atom stereocenters. The van der Waals surface area contributed by atoms with Crippen molar-refractivity contribution >= 4 is 5.91 Å². The van der Waals surface area contributed by atoms with Crippen LogP contribution in [0.5, 0.6) is 0 Å². The molecule has 0 spiro atoms. The normalized spacial score (nSPS) is 9.67. The van der Waals surface area contributed by atoms with Crippen molar-refractivity contribution in [2.24, 2.45) is 5.84 Å². The largest absolute Gasteiger partial charge is 0.371 e. The first-order valence-electron chi connectivity index (χ1n) is 4.42. The third-order valence-electron chi connectivity index (χ3n) is 1.70. The smallest absolute Gasteiger partial charge is 0.266 e. The van der Waals surface area contributed by atoms with Crippen molar-refractivity contribution in [3.8, 4) is 0 Å². The quantitative estimate of drug-likeness (QED) is 0.241. The fourth-order valence-electron chi connectivity index (χ4n) is 0.974. The van der Waals surface area contributed by atoms with Gasteiger partial charge in [-0.05, 0) is 12.1 Å². The van der Waals surface area contributed by atoms with Crippen molar-refractivity contribution in [1.82, 2.24) is 10.4 Å². The minimum absolute atomic E-state index is 0.360. The summed E-state index contributed by atoms with van der Waals surface area (Å²) < 4.78 is 5.19. The molecule has 0 radical (unpaired) electrons. The Hall–Kier alpha value is -1.72. The first kappa shape index (κ1) is 11.4. The molecule has 1 aromatic rings. The highest BCUT2D eigenvalue weighted by Crippen LogP contribution is 2.01. The second-order valence-electron chi connectivity index (χ2n) is 2.82. The number of amides is 1. The van der Waals surface area contributed by atoms with Crippen LogP contribution < -0.4 is 11.3 Å². The number of nitrogens with one attached hydrogen (secondary N) is 1. The highest BCUT2D eigenvalue weighted by molar-refractivity contribution is 5.93. The van der Waals surface area contributed by atoms with Crippen molar-refractivity contribution < 1.29 is 9.53 Å². The molecule has 1 aromatic heterocycles. The Bertz CT molecular complexity index is 335. The molecule has 0 aliphatic rings. The van der Waals surface area contributed by atoms with Crippen molar-refractivity contribution in [2.45, 2.75) is 6.61 Å². The number of carbonyl (C=O) groups excluding carboxylic acids is 1. The van der Waals surface area contributed by atoms with Gasteiger partial charge in [0.1, 0.15) is 0 Å². The van der Waals surface area contributed by atoms with E-state index in [0.29, 0.717) is 18.8 Å². The molecule has 1 amide bonds. The Labute approximate surface area is 87.9 Å². The molecule has 0 fully saturated rings. The third kappa shape index (κ3) is 3.49. The highest BCUT2D eigenvalue weighted by atomic mass is 16.5. The number of pyridine rings is 1. The summed E-state index contributed by atoms with van der Waals surface area (Å²) in [5, 5.41) is 0. The molecule has 15 heavy (non-hydrogen) atoms. The topological polar surface area (TPSA) is 77.2 Å². The number of nitrogens with two attached hydrogens (primary N) is 1. The van der Waals surface area contributed by atoms with Gasteiger partial charge in [0.25, 0.3) is 5.91 Å². The first-order valence-corrected chi connectivity index (χ1v) is 4.42. The summed E-state index contributed by atoms with van der Waals surface area (Å²) >= 11 is 0. The maximum Gasteiger partial charge on any atom is 0.266 e. The zero-order valence-electron chi connectivity index (χ0n) is 8.27. The lowest BCUT2D eigenvalue weighted by molar-refractivity contribution is 0.0953. The van der Waals surface area contributed by atoms with E-state index < -0.39 is 0 Å². The number of ether oxygens (including phenoxy) is 1. The average molecular weight is 207 g/mol. The van der Waals surface area contributed by atoms with Crippen LogP contribution in [-0.4, -0.2) is 17.5 Å². The lowest BCUT2D eigenvalue weighted by Crippen LogP contribution is -2.30. The minimum Gasteiger partial charge on any atom is -0.371 e. The summed E-state index contributed by atoms with van der Waals surface area (Å²) in [6.07, 6.45) is 3.12. The van der Waals surface area contributed by atoms with Crippen molar-refractivity contribution in [3.05, 3.63) is 42.2 Å². The Morgan fingerprint density at radius 1 is 1.67 bits per heavy atom. The number of rotatable bonds is 5. The van der Waals surface area contributed by atoms with E-state index >= 15 is 0 Å². The van der Waals surface area contributed by atoms with E-state index in [-0.39, 0.29) is 5.91 Å². The molecule has 5 nitrogen and oxygen atoms in total. The molecule has 0 aliphatic heterocycles. The second kappa shape index (κ2) is 5.90. The van der Waals surface area contributed by atoms with Gasteiger partial charge in [-0.15, -0.1) is 6.58 Å². The molecule has 0 bridgehead atoms. The van der Waals surface area contributed by atoms with Gasteiger partial charge in [-0.3, -0.25) is 15.2 Å². The fraction of sp³-hybridized carbons (Fsp3) is 0.200. The average Bonchev–Trinajstić information content (AvgIpc) is 2.29. The molecular formula is C10H13N3O2. The predicted octanol–water partition coefficient (Wildman–Crippen LogP) is 0.388. The van der Waals surface area contributed by atoms with Gasteiger partial charge in [0.15, 0.2) is 0 Å². The number of carbonyl (C=O) groups is 1. The minimum atomic E-state index is -0.360. The van der Waals surface area contributed by atoms with Gasteiger partial charge in [-0.25, -0.2) is 5.84 Å². The second-order valence-corrected chi connectivity index (χ2v) is 2.82. The van der Waals surface area contributed by atoms with Gasteiger partial charge < -0.3 is 4.74 Å². The molecule has 0 saturated carbocycles. The Kier molecular flexibility index (Phi) is 4.46. The predicted molar refractivity (Wildman–Crippen MR) is 55.7 cm³/mol. The first-order chi connectivity index (χ1) is 7.27. The summed E-state index contributed by atoms with van der Waals surface area (Å²) in [7, 11) is 0. The number of aromatic nitrogens is 1. The molecule has 0 saturated heterocycles. The van der Waals surface area contributed by atoms with Crippen LogP contribution in [0.2, 0.25) is 0 Å². The highest BCUT2D eigenvalue weighted by Gasteiger charge is 2.03. The van der Waals surface area contributed by atoms with Gasteiger partial charge >= 0.3 is 0 Å².